The number of pyridine rings is 1. The third kappa shape index (κ3) is 2.52. The highest BCUT2D eigenvalue weighted by molar-refractivity contribution is 9.10. The van der Waals surface area contributed by atoms with Crippen molar-refractivity contribution >= 4 is 42.8 Å². The van der Waals surface area contributed by atoms with Crippen LogP contribution < -0.4 is 9.47 Å². The molecule has 0 amide bonds. The fourth-order valence-electron chi connectivity index (χ4n) is 2.97. The monoisotopic (exact) mass is 469 g/mol. The van der Waals surface area contributed by atoms with E-state index in [1.807, 2.05) is 31.2 Å². The maximum atomic E-state index is 14.5. The highest BCUT2D eigenvalue weighted by atomic mass is 79.9. The molecular formula is C18H11Br2F2NO2. The minimum atomic E-state index is -1.08. The number of halogens is 4. The van der Waals surface area contributed by atoms with Gasteiger partial charge in [0.05, 0.1) is 5.39 Å². The maximum Gasteiger partial charge on any atom is 0.231 e. The Kier molecular flexibility index (Phi) is 4.16. The summed E-state index contributed by atoms with van der Waals surface area (Å²) < 4.78 is 39.9. The summed E-state index contributed by atoms with van der Waals surface area (Å²) in [4.78, 5) is 4.40. The molecule has 128 valence electrons. The molecule has 25 heavy (non-hydrogen) atoms. The molecule has 7 heteroatoms. The van der Waals surface area contributed by atoms with Crippen LogP contribution in [0.25, 0.3) is 22.0 Å². The van der Waals surface area contributed by atoms with E-state index in [1.54, 1.807) is 0 Å². The van der Waals surface area contributed by atoms with Crippen molar-refractivity contribution in [3.8, 4) is 22.6 Å². The summed E-state index contributed by atoms with van der Waals surface area (Å²) in [6.45, 7) is 1.72. The molecule has 5 rings (SSSR count). The maximum absolute atomic E-state index is 14.5. The molecule has 0 fully saturated rings. The summed E-state index contributed by atoms with van der Waals surface area (Å²) in [6.07, 6.45) is 0. The van der Waals surface area contributed by atoms with Gasteiger partial charge in [0.15, 0.2) is 11.5 Å². The lowest BCUT2D eigenvalue weighted by molar-refractivity contribution is 0.125. The molecule has 2 aliphatic rings. The average Bonchev–Trinajstić information content (AvgIpc) is 2.87. The van der Waals surface area contributed by atoms with E-state index >= 15 is 0 Å². The van der Waals surface area contributed by atoms with Crippen molar-refractivity contribution in [2.75, 3.05) is 6.79 Å². The van der Waals surface area contributed by atoms with E-state index in [-0.39, 0.29) is 23.8 Å². The van der Waals surface area contributed by atoms with Crippen LogP contribution in [-0.2, 0) is 5.33 Å². The molecule has 2 aliphatic heterocycles. The number of nitrogens with zero attached hydrogens (tertiary/aromatic N) is 1. The number of aromatic nitrogens is 1. The van der Waals surface area contributed by atoms with Crippen molar-refractivity contribution < 1.29 is 18.3 Å². The first kappa shape index (κ1) is 16.7. The molecule has 2 aromatic carbocycles. The lowest BCUT2D eigenvalue weighted by Gasteiger charge is -2.16. The molecule has 0 saturated heterocycles. The van der Waals surface area contributed by atoms with Gasteiger partial charge in [-0.2, -0.15) is 8.78 Å². The summed E-state index contributed by atoms with van der Waals surface area (Å²) in [6, 6.07) is 7.80. The van der Waals surface area contributed by atoms with Gasteiger partial charge in [-0.1, -0.05) is 45.8 Å². The predicted molar refractivity (Wildman–Crippen MR) is 98.3 cm³/mol. The zero-order chi connectivity index (χ0) is 17.7. The van der Waals surface area contributed by atoms with Crippen LogP contribution in [0.5, 0.6) is 11.5 Å². The number of fused-ring (bicyclic) bond motifs is 3. The van der Waals surface area contributed by atoms with Crippen LogP contribution in [0.2, 0.25) is 0 Å². The molecule has 3 nitrogen and oxygen atoms in total. The zero-order valence-electron chi connectivity index (χ0n) is 13.0. The summed E-state index contributed by atoms with van der Waals surface area (Å²) in [5, 5.41) is 0.891. The summed E-state index contributed by atoms with van der Waals surface area (Å²) >= 11 is 6.90. The Morgan fingerprint density at radius 2 is 1.72 bits per heavy atom. The van der Waals surface area contributed by atoms with Gasteiger partial charge >= 0.3 is 0 Å². The van der Waals surface area contributed by atoms with Crippen molar-refractivity contribution in [2.45, 2.75) is 12.3 Å². The van der Waals surface area contributed by atoms with E-state index in [1.165, 1.54) is 0 Å². The van der Waals surface area contributed by atoms with Crippen LogP contribution in [0.1, 0.15) is 11.1 Å². The molecule has 0 unspecified atom stereocenters. The molecule has 3 heterocycles. The van der Waals surface area contributed by atoms with Gasteiger partial charge in [-0.25, -0.2) is 4.98 Å². The molecule has 0 aliphatic carbocycles. The van der Waals surface area contributed by atoms with Crippen molar-refractivity contribution in [1.29, 1.82) is 0 Å². The minimum Gasteiger partial charge on any atom is -0.454 e. The Morgan fingerprint density at radius 3 is 2.40 bits per heavy atom. The second-order valence-electron chi connectivity index (χ2n) is 5.67. The molecule has 0 N–H and O–H groups in total. The summed E-state index contributed by atoms with van der Waals surface area (Å²) in [5.74, 6) is -2.55. The van der Waals surface area contributed by atoms with E-state index in [0.717, 1.165) is 22.3 Å². The number of benzene rings is 2. The molecule has 0 radical (unpaired) electrons. The lowest BCUT2D eigenvalue weighted by Crippen LogP contribution is -2.01. The number of hydrogen-bond acceptors (Lipinski definition) is 3. The van der Waals surface area contributed by atoms with Gasteiger partial charge in [0.1, 0.15) is 10.1 Å². The first-order valence-electron chi connectivity index (χ1n) is 7.44. The Hall–Kier alpha value is -1.73. The van der Waals surface area contributed by atoms with Crippen molar-refractivity contribution in [3.63, 3.8) is 0 Å². The van der Waals surface area contributed by atoms with Crippen LogP contribution in [0.3, 0.4) is 0 Å². The number of hydrogen-bond donors (Lipinski definition) is 0. The second-order valence-corrected chi connectivity index (χ2v) is 6.98. The molecule has 1 aromatic heterocycles. The Morgan fingerprint density at radius 1 is 1.08 bits per heavy atom. The van der Waals surface area contributed by atoms with Gasteiger partial charge in [0.2, 0.25) is 18.4 Å². The molecular weight excluding hydrogens is 460 g/mol. The topological polar surface area (TPSA) is 31.4 Å². The Bertz CT molecular complexity index is 1010. The SMILES string of the molecule is Cc1ccc(-c2c(CBr)c(Br)nc3c4c(F)c(F)c(c23)OCO4)cc1. The Labute approximate surface area is 159 Å². The van der Waals surface area contributed by atoms with Gasteiger partial charge < -0.3 is 9.47 Å². The first-order chi connectivity index (χ1) is 12.0. The van der Waals surface area contributed by atoms with E-state index in [9.17, 15) is 8.78 Å². The highest BCUT2D eigenvalue weighted by Gasteiger charge is 2.30. The molecule has 0 spiro atoms. The summed E-state index contributed by atoms with van der Waals surface area (Å²) in [7, 11) is 0. The van der Waals surface area contributed by atoms with Crippen molar-refractivity contribution in [3.05, 3.63) is 51.6 Å². The smallest absolute Gasteiger partial charge is 0.231 e. The average molecular weight is 471 g/mol. The zero-order valence-corrected chi connectivity index (χ0v) is 16.2. The number of ether oxygens (including phenoxy) is 2. The van der Waals surface area contributed by atoms with E-state index in [4.69, 9.17) is 9.47 Å². The number of alkyl halides is 1. The van der Waals surface area contributed by atoms with Crippen LogP contribution in [0.4, 0.5) is 8.78 Å². The molecule has 3 aromatic rings. The second kappa shape index (κ2) is 6.21. The van der Waals surface area contributed by atoms with Gasteiger partial charge in [-0.3, -0.25) is 0 Å². The predicted octanol–water partition coefficient (Wildman–Crippen LogP) is 5.87. The summed E-state index contributed by atoms with van der Waals surface area (Å²) in [5.41, 5.74) is 3.74. The van der Waals surface area contributed by atoms with Crippen LogP contribution in [0.15, 0.2) is 28.9 Å². The van der Waals surface area contributed by atoms with Gasteiger partial charge in [-0.15, -0.1) is 0 Å². The molecule has 0 atom stereocenters. The highest BCUT2D eigenvalue weighted by Crippen LogP contribution is 2.47. The first-order valence-corrected chi connectivity index (χ1v) is 9.36. The third-order valence-corrected chi connectivity index (χ3v) is 5.38. The van der Waals surface area contributed by atoms with E-state index in [2.05, 4.69) is 36.8 Å². The minimum absolute atomic E-state index is 0.175. The molecule has 2 bridgehead atoms. The standard InChI is InChI=1S/C18H11Br2F2NO2/c1-8-2-4-9(5-3-8)11-10(6-19)18(20)23-15-12(11)16-13(21)14(22)17(15)25-7-24-16/h2-5H,6-7H2,1H3. The van der Waals surface area contributed by atoms with E-state index < -0.39 is 11.6 Å². The normalized spacial score (nSPS) is 12.8. The van der Waals surface area contributed by atoms with Gasteiger partial charge in [-0.05, 0) is 28.4 Å². The van der Waals surface area contributed by atoms with E-state index in [0.29, 0.717) is 15.3 Å². The fourth-order valence-corrected chi connectivity index (χ4v) is 4.41. The fraction of sp³-hybridized carbons (Fsp3) is 0.167. The van der Waals surface area contributed by atoms with Crippen LogP contribution in [-0.4, -0.2) is 11.8 Å². The quantitative estimate of drug-likeness (QED) is 0.346. The van der Waals surface area contributed by atoms with Gasteiger partial charge in [0, 0.05) is 16.5 Å². The Balaban J connectivity index is 2.22. The van der Waals surface area contributed by atoms with Crippen LogP contribution in [0, 0.1) is 18.6 Å². The van der Waals surface area contributed by atoms with Gasteiger partial charge in [0.25, 0.3) is 0 Å². The third-order valence-electron chi connectivity index (χ3n) is 4.16. The number of aryl methyl sites for hydroxylation is 1. The van der Waals surface area contributed by atoms with Crippen molar-refractivity contribution in [1.82, 2.24) is 4.98 Å². The van der Waals surface area contributed by atoms with Crippen LogP contribution >= 0.6 is 31.9 Å². The van der Waals surface area contributed by atoms with Crippen molar-refractivity contribution in [2.24, 2.45) is 0 Å². The largest absolute Gasteiger partial charge is 0.454 e. The molecule has 0 saturated carbocycles. The lowest BCUT2D eigenvalue weighted by atomic mass is 9.95. The number of rotatable bonds is 2.